The summed E-state index contributed by atoms with van der Waals surface area (Å²) in [5.74, 6) is -0.452. The van der Waals surface area contributed by atoms with Gasteiger partial charge in [0.1, 0.15) is 0 Å². The lowest BCUT2D eigenvalue weighted by Gasteiger charge is -2.07. The number of hydrogen-bond donors (Lipinski definition) is 0. The first-order valence-corrected chi connectivity index (χ1v) is 6.60. The molecule has 0 aliphatic carbocycles. The molecule has 5 nitrogen and oxygen atoms in total. The Bertz CT molecular complexity index is 473. The van der Waals surface area contributed by atoms with E-state index in [0.717, 1.165) is 5.56 Å². The molecule has 6 heteroatoms. The highest BCUT2D eigenvalue weighted by atomic mass is 79.9. The van der Waals surface area contributed by atoms with E-state index in [1.54, 1.807) is 26.0 Å². The van der Waals surface area contributed by atoms with Gasteiger partial charge in [0, 0.05) is 16.5 Å². The van der Waals surface area contributed by atoms with E-state index in [-0.39, 0.29) is 18.7 Å². The standard InChI is InChI=1S/C12H14BrNO4/c1-3-18-11(15)6-10-5-9(7-13)4-8(2)12(10)14(16)17/h4-5H,3,6-7H2,1-2H3. The number of carbonyl (C=O) groups excluding carboxylic acids is 1. The summed E-state index contributed by atoms with van der Waals surface area (Å²) in [5.41, 5.74) is 1.84. The maximum Gasteiger partial charge on any atom is 0.310 e. The summed E-state index contributed by atoms with van der Waals surface area (Å²) in [5, 5.41) is 11.6. The number of alkyl halides is 1. The zero-order valence-electron chi connectivity index (χ0n) is 10.2. The first kappa shape index (κ1) is 14.6. The Morgan fingerprint density at radius 2 is 2.17 bits per heavy atom. The molecule has 0 amide bonds. The molecular formula is C12H14BrNO4. The average Bonchev–Trinajstić information content (AvgIpc) is 2.27. The molecule has 0 bridgehead atoms. The summed E-state index contributed by atoms with van der Waals surface area (Å²) in [6.45, 7) is 3.63. The van der Waals surface area contributed by atoms with Gasteiger partial charge in [-0.2, -0.15) is 0 Å². The molecule has 0 unspecified atom stereocenters. The highest BCUT2D eigenvalue weighted by molar-refractivity contribution is 9.08. The van der Waals surface area contributed by atoms with Crippen molar-refractivity contribution in [2.75, 3.05) is 6.61 Å². The van der Waals surface area contributed by atoms with Crippen molar-refractivity contribution in [3.63, 3.8) is 0 Å². The van der Waals surface area contributed by atoms with Crippen LogP contribution in [-0.4, -0.2) is 17.5 Å². The molecular weight excluding hydrogens is 302 g/mol. The number of benzene rings is 1. The van der Waals surface area contributed by atoms with Crippen LogP contribution >= 0.6 is 15.9 Å². The van der Waals surface area contributed by atoms with Gasteiger partial charge in [0.15, 0.2) is 0 Å². The number of ether oxygens (including phenoxy) is 1. The minimum Gasteiger partial charge on any atom is -0.466 e. The van der Waals surface area contributed by atoms with Gasteiger partial charge in [0.25, 0.3) is 5.69 Å². The zero-order valence-corrected chi connectivity index (χ0v) is 11.8. The fraction of sp³-hybridized carbons (Fsp3) is 0.417. The Balaban J connectivity index is 3.17. The van der Waals surface area contributed by atoms with Gasteiger partial charge >= 0.3 is 5.97 Å². The van der Waals surface area contributed by atoms with Crippen LogP contribution in [0.1, 0.15) is 23.6 Å². The first-order valence-electron chi connectivity index (χ1n) is 5.48. The van der Waals surface area contributed by atoms with Gasteiger partial charge in [-0.1, -0.05) is 15.9 Å². The monoisotopic (exact) mass is 315 g/mol. The predicted octanol–water partition coefficient (Wildman–Crippen LogP) is 2.90. The topological polar surface area (TPSA) is 69.4 Å². The molecule has 0 atom stereocenters. The molecule has 0 aromatic heterocycles. The van der Waals surface area contributed by atoms with Gasteiger partial charge in [-0.05, 0) is 31.5 Å². The summed E-state index contributed by atoms with van der Waals surface area (Å²) < 4.78 is 4.82. The summed E-state index contributed by atoms with van der Waals surface area (Å²) >= 11 is 3.30. The lowest BCUT2D eigenvalue weighted by Crippen LogP contribution is -2.10. The smallest absolute Gasteiger partial charge is 0.310 e. The van der Waals surface area contributed by atoms with Crippen molar-refractivity contribution in [1.29, 1.82) is 0 Å². The van der Waals surface area contributed by atoms with E-state index in [0.29, 0.717) is 16.5 Å². The second-order valence-electron chi connectivity index (χ2n) is 3.79. The second kappa shape index (κ2) is 6.49. The molecule has 1 aromatic rings. The van der Waals surface area contributed by atoms with Crippen molar-refractivity contribution in [1.82, 2.24) is 0 Å². The largest absolute Gasteiger partial charge is 0.466 e. The molecule has 0 N–H and O–H groups in total. The number of nitro benzene ring substituents is 1. The summed E-state index contributed by atoms with van der Waals surface area (Å²) in [6, 6.07) is 3.40. The van der Waals surface area contributed by atoms with Gasteiger partial charge in [-0.3, -0.25) is 14.9 Å². The highest BCUT2D eigenvalue weighted by Crippen LogP contribution is 2.26. The number of carbonyl (C=O) groups is 1. The van der Waals surface area contributed by atoms with Crippen molar-refractivity contribution in [2.24, 2.45) is 0 Å². The van der Waals surface area contributed by atoms with Crippen molar-refractivity contribution in [3.8, 4) is 0 Å². The molecule has 0 saturated heterocycles. The van der Waals surface area contributed by atoms with Crippen molar-refractivity contribution in [3.05, 3.63) is 38.9 Å². The quantitative estimate of drug-likeness (QED) is 0.362. The third-order valence-corrected chi connectivity index (χ3v) is 3.06. The summed E-state index contributed by atoms with van der Waals surface area (Å²) in [6.07, 6.45) is -0.0775. The molecule has 0 aliphatic heterocycles. The fourth-order valence-electron chi connectivity index (χ4n) is 1.77. The number of esters is 1. The lowest BCUT2D eigenvalue weighted by atomic mass is 10.0. The van der Waals surface area contributed by atoms with Crippen LogP contribution in [-0.2, 0) is 21.3 Å². The van der Waals surface area contributed by atoms with Gasteiger partial charge in [0.2, 0.25) is 0 Å². The number of hydrogen-bond acceptors (Lipinski definition) is 4. The normalized spacial score (nSPS) is 10.2. The van der Waals surface area contributed by atoms with Gasteiger partial charge in [-0.15, -0.1) is 0 Å². The van der Waals surface area contributed by atoms with E-state index in [1.165, 1.54) is 0 Å². The zero-order chi connectivity index (χ0) is 13.7. The van der Waals surface area contributed by atoms with Crippen LogP contribution in [0, 0.1) is 17.0 Å². The van der Waals surface area contributed by atoms with Crippen molar-refractivity contribution >= 4 is 27.6 Å². The van der Waals surface area contributed by atoms with Crippen LogP contribution in [0.15, 0.2) is 12.1 Å². The van der Waals surface area contributed by atoms with Crippen LogP contribution in [0.2, 0.25) is 0 Å². The molecule has 1 rings (SSSR count). The third-order valence-electron chi connectivity index (χ3n) is 2.42. The van der Waals surface area contributed by atoms with Crippen LogP contribution < -0.4 is 0 Å². The Labute approximate surface area is 113 Å². The third kappa shape index (κ3) is 3.53. The summed E-state index contributed by atoms with van der Waals surface area (Å²) in [7, 11) is 0. The highest BCUT2D eigenvalue weighted by Gasteiger charge is 2.20. The molecule has 1 aromatic carbocycles. The van der Waals surface area contributed by atoms with E-state index in [9.17, 15) is 14.9 Å². The molecule has 0 spiro atoms. The van der Waals surface area contributed by atoms with Crippen molar-refractivity contribution < 1.29 is 14.5 Å². The maximum absolute atomic E-state index is 11.4. The van der Waals surface area contributed by atoms with Crippen LogP contribution in [0.4, 0.5) is 5.69 Å². The number of aryl methyl sites for hydroxylation is 1. The predicted molar refractivity (Wildman–Crippen MR) is 70.8 cm³/mol. The molecule has 0 radical (unpaired) electrons. The van der Waals surface area contributed by atoms with Crippen LogP contribution in [0.25, 0.3) is 0 Å². The van der Waals surface area contributed by atoms with Crippen LogP contribution in [0.3, 0.4) is 0 Å². The maximum atomic E-state index is 11.4. The molecule has 18 heavy (non-hydrogen) atoms. The number of rotatable bonds is 5. The fourth-order valence-corrected chi connectivity index (χ4v) is 2.10. The SMILES string of the molecule is CCOC(=O)Cc1cc(CBr)cc(C)c1[N+](=O)[O-]. The minimum atomic E-state index is -0.456. The van der Waals surface area contributed by atoms with E-state index in [4.69, 9.17) is 4.74 Å². The molecule has 0 fully saturated rings. The van der Waals surface area contributed by atoms with E-state index in [2.05, 4.69) is 15.9 Å². The lowest BCUT2D eigenvalue weighted by molar-refractivity contribution is -0.386. The van der Waals surface area contributed by atoms with Gasteiger partial charge in [-0.25, -0.2) is 0 Å². The Hall–Kier alpha value is -1.43. The van der Waals surface area contributed by atoms with Crippen LogP contribution in [0.5, 0.6) is 0 Å². The van der Waals surface area contributed by atoms with E-state index < -0.39 is 10.9 Å². The molecule has 0 heterocycles. The van der Waals surface area contributed by atoms with Crippen molar-refractivity contribution in [2.45, 2.75) is 25.6 Å². The summed E-state index contributed by atoms with van der Waals surface area (Å²) in [4.78, 5) is 22.0. The van der Waals surface area contributed by atoms with Gasteiger partial charge < -0.3 is 4.74 Å². The van der Waals surface area contributed by atoms with Gasteiger partial charge in [0.05, 0.1) is 18.0 Å². The first-order chi connectivity index (χ1) is 8.49. The molecule has 98 valence electrons. The second-order valence-corrected chi connectivity index (χ2v) is 4.35. The Morgan fingerprint density at radius 3 is 2.67 bits per heavy atom. The molecule has 0 aliphatic rings. The minimum absolute atomic E-state index is 0.00671. The number of nitro groups is 1. The Kier molecular flexibility index (Phi) is 5.27. The molecule has 0 saturated carbocycles. The Morgan fingerprint density at radius 1 is 1.50 bits per heavy atom. The average molecular weight is 316 g/mol. The van der Waals surface area contributed by atoms with E-state index in [1.807, 2.05) is 0 Å². The number of halogens is 1. The number of nitrogens with zero attached hydrogens (tertiary/aromatic N) is 1. The van der Waals surface area contributed by atoms with E-state index >= 15 is 0 Å².